The van der Waals surface area contributed by atoms with Crippen molar-refractivity contribution in [2.45, 2.75) is 39.2 Å². The molecule has 0 aromatic carbocycles. The van der Waals surface area contributed by atoms with Crippen LogP contribution in [0.1, 0.15) is 38.8 Å². The van der Waals surface area contributed by atoms with Crippen molar-refractivity contribution >= 4 is 11.9 Å². The lowest BCUT2D eigenvalue weighted by Gasteiger charge is -2.14. The van der Waals surface area contributed by atoms with Crippen LogP contribution in [0.25, 0.3) is 0 Å². The van der Waals surface area contributed by atoms with E-state index in [4.69, 9.17) is 4.42 Å². The molecular formula is C15H27N5O2. The van der Waals surface area contributed by atoms with Gasteiger partial charge in [-0.2, -0.15) is 0 Å². The Labute approximate surface area is 132 Å². The van der Waals surface area contributed by atoms with Crippen molar-refractivity contribution in [2.75, 3.05) is 27.7 Å². The molecule has 0 aliphatic carbocycles. The summed E-state index contributed by atoms with van der Waals surface area (Å²) in [4.78, 5) is 21.4. The van der Waals surface area contributed by atoms with Gasteiger partial charge < -0.3 is 20.0 Å². The van der Waals surface area contributed by atoms with Crippen LogP contribution < -0.4 is 10.6 Å². The van der Waals surface area contributed by atoms with Gasteiger partial charge in [0.1, 0.15) is 5.76 Å². The Balaban J connectivity index is 2.41. The quantitative estimate of drug-likeness (QED) is 0.629. The van der Waals surface area contributed by atoms with Gasteiger partial charge in [-0.05, 0) is 0 Å². The van der Waals surface area contributed by atoms with Gasteiger partial charge in [-0.3, -0.25) is 9.79 Å². The molecule has 1 aromatic heterocycles. The van der Waals surface area contributed by atoms with Gasteiger partial charge >= 0.3 is 0 Å². The van der Waals surface area contributed by atoms with Gasteiger partial charge in [0.15, 0.2) is 5.96 Å². The van der Waals surface area contributed by atoms with E-state index >= 15 is 0 Å². The third kappa shape index (κ3) is 5.75. The molecule has 0 atom stereocenters. The summed E-state index contributed by atoms with van der Waals surface area (Å²) in [5, 5.41) is 6.20. The maximum absolute atomic E-state index is 11.5. The van der Waals surface area contributed by atoms with Gasteiger partial charge in [0.05, 0.1) is 12.7 Å². The largest absolute Gasteiger partial charge is 0.443 e. The summed E-state index contributed by atoms with van der Waals surface area (Å²) in [6.07, 6.45) is 2.17. The highest BCUT2D eigenvalue weighted by Gasteiger charge is 2.19. The number of nitrogens with zero attached hydrogens (tertiary/aromatic N) is 3. The van der Waals surface area contributed by atoms with Crippen LogP contribution >= 0.6 is 0 Å². The number of hydrogen-bond donors (Lipinski definition) is 2. The first-order valence-corrected chi connectivity index (χ1v) is 7.34. The maximum Gasteiger partial charge on any atom is 0.223 e. The van der Waals surface area contributed by atoms with Crippen molar-refractivity contribution in [3.05, 3.63) is 17.8 Å². The number of aliphatic imine (C=N–C) groups is 1. The van der Waals surface area contributed by atoms with Crippen molar-refractivity contribution in [3.63, 3.8) is 0 Å². The number of rotatable bonds is 5. The van der Waals surface area contributed by atoms with E-state index < -0.39 is 0 Å². The Morgan fingerprint density at radius 1 is 1.36 bits per heavy atom. The second kappa shape index (κ2) is 7.82. The van der Waals surface area contributed by atoms with Crippen LogP contribution in [-0.2, 0) is 16.8 Å². The minimum absolute atomic E-state index is 0.0578. The molecule has 1 rings (SSSR count). The zero-order valence-electron chi connectivity index (χ0n) is 14.4. The molecule has 0 saturated carbocycles. The van der Waals surface area contributed by atoms with Crippen LogP contribution in [-0.4, -0.2) is 49.4 Å². The van der Waals surface area contributed by atoms with Crippen molar-refractivity contribution in [3.8, 4) is 0 Å². The monoisotopic (exact) mass is 309 g/mol. The SMILES string of the molecule is CN=C(NCCC(=O)N(C)C)NCc1ncc(C(C)(C)C)o1. The molecule has 7 nitrogen and oxygen atoms in total. The predicted octanol–water partition coefficient (Wildman–Crippen LogP) is 1.12. The third-order valence-electron chi connectivity index (χ3n) is 3.05. The lowest BCUT2D eigenvalue weighted by atomic mass is 9.94. The molecule has 0 unspecified atom stereocenters. The Kier molecular flexibility index (Phi) is 6.39. The summed E-state index contributed by atoms with van der Waals surface area (Å²) in [6.45, 7) is 7.19. The van der Waals surface area contributed by atoms with Gasteiger partial charge in [0.2, 0.25) is 11.8 Å². The molecular weight excluding hydrogens is 282 g/mol. The Morgan fingerprint density at radius 3 is 2.55 bits per heavy atom. The molecule has 1 heterocycles. The molecule has 0 saturated heterocycles. The molecule has 22 heavy (non-hydrogen) atoms. The van der Waals surface area contributed by atoms with E-state index in [9.17, 15) is 4.79 Å². The van der Waals surface area contributed by atoms with Crippen LogP contribution in [0.2, 0.25) is 0 Å². The van der Waals surface area contributed by atoms with Crippen LogP contribution in [0.4, 0.5) is 0 Å². The Bertz CT molecular complexity index is 514. The zero-order valence-corrected chi connectivity index (χ0v) is 14.4. The molecule has 124 valence electrons. The van der Waals surface area contributed by atoms with Gasteiger partial charge in [-0.15, -0.1) is 0 Å². The second-order valence-corrected chi connectivity index (χ2v) is 6.26. The number of guanidine groups is 1. The summed E-state index contributed by atoms with van der Waals surface area (Å²) in [6, 6.07) is 0. The topological polar surface area (TPSA) is 82.8 Å². The normalized spacial score (nSPS) is 12.2. The van der Waals surface area contributed by atoms with E-state index in [2.05, 4.69) is 41.4 Å². The van der Waals surface area contributed by atoms with Gasteiger partial charge in [0, 0.05) is 39.5 Å². The highest BCUT2D eigenvalue weighted by atomic mass is 16.4. The number of hydrogen-bond acceptors (Lipinski definition) is 4. The van der Waals surface area contributed by atoms with Gasteiger partial charge in [-0.25, -0.2) is 4.98 Å². The van der Waals surface area contributed by atoms with E-state index in [1.165, 1.54) is 0 Å². The van der Waals surface area contributed by atoms with Crippen molar-refractivity contribution in [2.24, 2.45) is 4.99 Å². The van der Waals surface area contributed by atoms with E-state index in [-0.39, 0.29) is 11.3 Å². The van der Waals surface area contributed by atoms with Crippen molar-refractivity contribution in [1.82, 2.24) is 20.5 Å². The molecule has 0 bridgehead atoms. The van der Waals surface area contributed by atoms with E-state index in [0.717, 1.165) is 5.76 Å². The number of oxazole rings is 1. The second-order valence-electron chi connectivity index (χ2n) is 6.26. The number of aromatic nitrogens is 1. The highest BCUT2D eigenvalue weighted by Crippen LogP contribution is 2.22. The molecule has 0 fully saturated rings. The number of carbonyl (C=O) groups is 1. The lowest BCUT2D eigenvalue weighted by molar-refractivity contribution is -0.128. The zero-order chi connectivity index (χ0) is 16.8. The summed E-state index contributed by atoms with van der Waals surface area (Å²) < 4.78 is 5.70. The summed E-state index contributed by atoms with van der Waals surface area (Å²) in [5.41, 5.74) is -0.0578. The Morgan fingerprint density at radius 2 is 2.05 bits per heavy atom. The summed E-state index contributed by atoms with van der Waals surface area (Å²) in [7, 11) is 5.16. The van der Waals surface area contributed by atoms with Crippen LogP contribution in [0, 0.1) is 0 Å². The smallest absolute Gasteiger partial charge is 0.223 e. The molecule has 0 radical (unpaired) electrons. The Hall–Kier alpha value is -2.05. The summed E-state index contributed by atoms with van der Waals surface area (Å²) >= 11 is 0. The van der Waals surface area contributed by atoms with E-state index in [1.54, 1.807) is 32.2 Å². The van der Waals surface area contributed by atoms with Crippen molar-refractivity contribution < 1.29 is 9.21 Å². The summed E-state index contributed by atoms with van der Waals surface area (Å²) in [5.74, 6) is 2.15. The molecule has 2 N–H and O–H groups in total. The first kappa shape index (κ1) is 18.0. The van der Waals surface area contributed by atoms with Crippen LogP contribution in [0.5, 0.6) is 0 Å². The molecule has 0 aliphatic rings. The van der Waals surface area contributed by atoms with E-state index in [0.29, 0.717) is 31.4 Å². The molecule has 1 amide bonds. The average molecular weight is 309 g/mol. The predicted molar refractivity (Wildman–Crippen MR) is 86.7 cm³/mol. The van der Waals surface area contributed by atoms with Crippen LogP contribution in [0.15, 0.2) is 15.6 Å². The first-order valence-electron chi connectivity index (χ1n) is 7.34. The molecule has 1 aromatic rings. The highest BCUT2D eigenvalue weighted by molar-refractivity contribution is 5.81. The van der Waals surface area contributed by atoms with Gasteiger partial charge in [0.25, 0.3) is 0 Å². The van der Waals surface area contributed by atoms with E-state index in [1.807, 2.05) is 0 Å². The lowest BCUT2D eigenvalue weighted by Crippen LogP contribution is -2.38. The molecule has 0 spiro atoms. The number of nitrogens with one attached hydrogen (secondary N) is 2. The number of amides is 1. The fraction of sp³-hybridized carbons (Fsp3) is 0.667. The average Bonchev–Trinajstić information content (AvgIpc) is 2.91. The fourth-order valence-electron chi connectivity index (χ4n) is 1.63. The third-order valence-corrected chi connectivity index (χ3v) is 3.05. The standard InChI is InChI=1S/C15H27N5O2/c1-15(2,3)11-9-18-12(22-11)10-19-14(16-4)17-8-7-13(21)20(5)6/h9H,7-8,10H2,1-6H3,(H2,16,17,19). The maximum atomic E-state index is 11.5. The fourth-order valence-corrected chi connectivity index (χ4v) is 1.63. The minimum atomic E-state index is -0.0578. The number of carbonyl (C=O) groups excluding carboxylic acids is 1. The minimum Gasteiger partial charge on any atom is -0.443 e. The first-order chi connectivity index (χ1) is 10.2. The van der Waals surface area contributed by atoms with Crippen molar-refractivity contribution in [1.29, 1.82) is 0 Å². The van der Waals surface area contributed by atoms with Crippen LogP contribution in [0.3, 0.4) is 0 Å². The van der Waals surface area contributed by atoms with Gasteiger partial charge in [-0.1, -0.05) is 20.8 Å². The molecule has 0 aliphatic heterocycles. The molecule has 7 heteroatoms.